The van der Waals surface area contributed by atoms with E-state index < -0.39 is 24.0 Å². The van der Waals surface area contributed by atoms with Crippen LogP contribution in [0.2, 0.25) is 0 Å². The van der Waals surface area contributed by atoms with Gasteiger partial charge >= 0.3 is 0 Å². The van der Waals surface area contributed by atoms with Crippen LogP contribution in [0.3, 0.4) is 0 Å². The molecular formula is C19H19FN2O3. The van der Waals surface area contributed by atoms with Crippen molar-refractivity contribution in [1.29, 1.82) is 0 Å². The van der Waals surface area contributed by atoms with Gasteiger partial charge in [0.2, 0.25) is 11.7 Å². The highest BCUT2D eigenvalue weighted by Crippen LogP contribution is 2.05. The summed E-state index contributed by atoms with van der Waals surface area (Å²) in [4.78, 5) is 37.1. The van der Waals surface area contributed by atoms with Crippen molar-refractivity contribution in [2.24, 2.45) is 0 Å². The molecule has 0 fully saturated rings. The van der Waals surface area contributed by atoms with Gasteiger partial charge in [-0.3, -0.25) is 14.4 Å². The van der Waals surface area contributed by atoms with Gasteiger partial charge in [-0.1, -0.05) is 42.5 Å². The van der Waals surface area contributed by atoms with Crippen LogP contribution in [-0.2, 0) is 27.5 Å². The van der Waals surface area contributed by atoms with Crippen LogP contribution in [0.5, 0.6) is 0 Å². The van der Waals surface area contributed by atoms with E-state index in [4.69, 9.17) is 0 Å². The number of carbonyl (C=O) groups is 3. The smallest absolute Gasteiger partial charge is 0.290 e. The van der Waals surface area contributed by atoms with Crippen LogP contribution in [0.1, 0.15) is 17.5 Å². The van der Waals surface area contributed by atoms with Crippen molar-refractivity contribution >= 4 is 17.6 Å². The summed E-state index contributed by atoms with van der Waals surface area (Å²) in [5.41, 5.74) is 1.60. The zero-order chi connectivity index (χ0) is 18.2. The third-order valence-electron chi connectivity index (χ3n) is 3.57. The zero-order valence-electron chi connectivity index (χ0n) is 13.9. The number of nitrogens with zero attached hydrogens (tertiary/aromatic N) is 1. The molecule has 0 aliphatic heterocycles. The van der Waals surface area contributed by atoms with E-state index in [2.05, 4.69) is 5.32 Å². The first-order valence-electron chi connectivity index (χ1n) is 7.79. The highest BCUT2D eigenvalue weighted by Gasteiger charge is 2.21. The van der Waals surface area contributed by atoms with E-state index in [1.54, 1.807) is 0 Å². The van der Waals surface area contributed by atoms with Crippen molar-refractivity contribution < 1.29 is 18.8 Å². The maximum absolute atomic E-state index is 12.8. The van der Waals surface area contributed by atoms with Gasteiger partial charge in [-0.15, -0.1) is 0 Å². The number of benzene rings is 2. The molecule has 2 amide bonds. The Morgan fingerprint density at radius 3 is 2.24 bits per heavy atom. The first-order chi connectivity index (χ1) is 12.0. The predicted molar refractivity (Wildman–Crippen MR) is 90.8 cm³/mol. The lowest BCUT2D eigenvalue weighted by Gasteiger charge is -2.16. The van der Waals surface area contributed by atoms with Crippen LogP contribution in [0, 0.1) is 5.82 Å². The molecule has 0 radical (unpaired) electrons. The Hall–Kier alpha value is -3.02. The molecule has 0 spiro atoms. The fraction of sp³-hybridized carbons (Fsp3) is 0.211. The van der Waals surface area contributed by atoms with Crippen LogP contribution in [0.25, 0.3) is 0 Å². The predicted octanol–water partition coefficient (Wildman–Crippen LogP) is 2.06. The lowest BCUT2D eigenvalue weighted by Crippen LogP contribution is -2.36. The maximum atomic E-state index is 12.8. The molecule has 1 N–H and O–H groups in total. The number of rotatable bonds is 7. The lowest BCUT2D eigenvalue weighted by molar-refractivity contribution is -0.145. The van der Waals surface area contributed by atoms with E-state index in [-0.39, 0.29) is 12.4 Å². The molecule has 0 aliphatic rings. The lowest BCUT2D eigenvalue weighted by atomic mass is 10.2. The van der Waals surface area contributed by atoms with Crippen molar-refractivity contribution in [1.82, 2.24) is 10.2 Å². The third-order valence-corrected chi connectivity index (χ3v) is 3.57. The molecule has 2 rings (SSSR count). The molecule has 5 nitrogen and oxygen atoms in total. The molecule has 0 aromatic heterocycles. The Morgan fingerprint density at radius 2 is 1.60 bits per heavy atom. The van der Waals surface area contributed by atoms with Gasteiger partial charge < -0.3 is 10.2 Å². The molecule has 0 atom stereocenters. The summed E-state index contributed by atoms with van der Waals surface area (Å²) in [6.45, 7) is 0.461. The van der Waals surface area contributed by atoms with Crippen molar-refractivity contribution in [3.8, 4) is 0 Å². The molecular weight excluding hydrogens is 323 g/mol. The van der Waals surface area contributed by atoms with Gasteiger partial charge in [0.15, 0.2) is 0 Å². The van der Waals surface area contributed by atoms with Gasteiger partial charge in [-0.2, -0.15) is 0 Å². The van der Waals surface area contributed by atoms with Gasteiger partial charge in [0.25, 0.3) is 5.91 Å². The average molecular weight is 342 g/mol. The van der Waals surface area contributed by atoms with Crippen LogP contribution >= 0.6 is 0 Å². The van der Waals surface area contributed by atoms with Gasteiger partial charge in [0, 0.05) is 20.1 Å². The summed E-state index contributed by atoms with van der Waals surface area (Å²) in [5.74, 6) is -2.39. The summed E-state index contributed by atoms with van der Waals surface area (Å²) >= 11 is 0. The summed E-state index contributed by atoms with van der Waals surface area (Å²) in [6, 6.07) is 14.9. The minimum absolute atomic E-state index is 0.167. The first kappa shape index (κ1) is 18.3. The van der Waals surface area contributed by atoms with Crippen molar-refractivity contribution in [2.45, 2.75) is 19.5 Å². The number of likely N-dealkylation sites (N-methyl/N-ethyl adjacent to an activating group) is 1. The van der Waals surface area contributed by atoms with Gasteiger partial charge in [-0.25, -0.2) is 4.39 Å². The second-order valence-electron chi connectivity index (χ2n) is 5.65. The SMILES string of the molecule is CN(Cc1ccccc1)C(=O)C(=O)CC(=O)NCc1ccc(F)cc1. The van der Waals surface area contributed by atoms with Crippen molar-refractivity contribution in [2.75, 3.05) is 7.05 Å². The zero-order valence-corrected chi connectivity index (χ0v) is 13.9. The summed E-state index contributed by atoms with van der Waals surface area (Å²) in [6.07, 6.45) is -0.515. The summed E-state index contributed by atoms with van der Waals surface area (Å²) < 4.78 is 12.8. The second kappa shape index (κ2) is 8.73. The molecule has 0 bridgehead atoms. The summed E-state index contributed by atoms with van der Waals surface area (Å²) in [5, 5.41) is 2.54. The van der Waals surface area contributed by atoms with E-state index in [9.17, 15) is 18.8 Å². The van der Waals surface area contributed by atoms with Gasteiger partial charge in [-0.05, 0) is 23.3 Å². The Bertz CT molecular complexity index is 745. The van der Waals surface area contributed by atoms with E-state index in [1.165, 1.54) is 36.2 Å². The minimum Gasteiger partial charge on any atom is -0.352 e. The molecule has 0 heterocycles. The number of hydrogen-bond donors (Lipinski definition) is 1. The van der Waals surface area contributed by atoms with Crippen LogP contribution < -0.4 is 5.32 Å². The van der Waals surface area contributed by atoms with Crippen LogP contribution in [0.4, 0.5) is 4.39 Å². The molecule has 6 heteroatoms. The highest BCUT2D eigenvalue weighted by molar-refractivity contribution is 6.39. The first-order valence-corrected chi connectivity index (χ1v) is 7.79. The average Bonchev–Trinajstić information content (AvgIpc) is 2.61. The summed E-state index contributed by atoms with van der Waals surface area (Å²) in [7, 11) is 1.52. The Balaban J connectivity index is 1.80. The van der Waals surface area contributed by atoms with E-state index in [0.717, 1.165) is 5.56 Å². The standard InChI is InChI=1S/C19H19FN2O3/c1-22(13-15-5-3-2-4-6-15)19(25)17(23)11-18(24)21-12-14-7-9-16(20)10-8-14/h2-10H,11-13H2,1H3,(H,21,24). The Labute approximate surface area is 145 Å². The van der Waals surface area contributed by atoms with Gasteiger partial charge in [0.1, 0.15) is 5.82 Å². The topological polar surface area (TPSA) is 66.5 Å². The molecule has 0 saturated heterocycles. The van der Waals surface area contributed by atoms with Crippen LogP contribution in [0.15, 0.2) is 54.6 Å². The Kier molecular flexibility index (Phi) is 6.39. The molecule has 2 aromatic rings. The van der Waals surface area contributed by atoms with E-state index >= 15 is 0 Å². The maximum Gasteiger partial charge on any atom is 0.290 e. The third kappa shape index (κ3) is 5.84. The normalized spacial score (nSPS) is 10.2. The molecule has 25 heavy (non-hydrogen) atoms. The molecule has 0 saturated carbocycles. The molecule has 0 aliphatic carbocycles. The van der Waals surface area contributed by atoms with E-state index in [1.807, 2.05) is 30.3 Å². The monoisotopic (exact) mass is 342 g/mol. The highest BCUT2D eigenvalue weighted by atomic mass is 19.1. The minimum atomic E-state index is -0.768. The number of carbonyl (C=O) groups excluding carboxylic acids is 3. The van der Waals surface area contributed by atoms with Crippen molar-refractivity contribution in [3.63, 3.8) is 0 Å². The fourth-order valence-corrected chi connectivity index (χ4v) is 2.23. The fourth-order valence-electron chi connectivity index (χ4n) is 2.23. The molecule has 2 aromatic carbocycles. The molecule has 130 valence electrons. The van der Waals surface area contributed by atoms with Gasteiger partial charge in [0.05, 0.1) is 6.42 Å². The number of ketones is 1. The van der Waals surface area contributed by atoms with Crippen molar-refractivity contribution in [3.05, 3.63) is 71.5 Å². The quantitative estimate of drug-likeness (QED) is 0.619. The number of Topliss-reactive ketones (excluding diaryl/α,β-unsaturated/α-hetero) is 1. The van der Waals surface area contributed by atoms with Crippen LogP contribution in [-0.4, -0.2) is 29.5 Å². The number of nitrogens with one attached hydrogen (secondary N) is 1. The van der Waals surface area contributed by atoms with E-state index in [0.29, 0.717) is 12.1 Å². The number of halogens is 1. The number of amides is 2. The largest absolute Gasteiger partial charge is 0.352 e. The second-order valence-corrected chi connectivity index (χ2v) is 5.65. The molecule has 0 unspecified atom stereocenters. The Morgan fingerprint density at radius 1 is 0.960 bits per heavy atom. The number of hydrogen-bond acceptors (Lipinski definition) is 3.